The Morgan fingerprint density at radius 2 is 1.97 bits per heavy atom. The van der Waals surface area contributed by atoms with E-state index in [0.29, 0.717) is 31.1 Å². The fraction of sp³-hybridized carbons (Fsp3) is 0.708. The maximum atomic E-state index is 12.9. The topological polar surface area (TPSA) is 80.7 Å². The number of esters is 1. The zero-order valence-corrected chi connectivity index (χ0v) is 17.9. The molecule has 0 aliphatic heterocycles. The quantitative estimate of drug-likeness (QED) is 0.579. The van der Waals surface area contributed by atoms with Gasteiger partial charge in [-0.3, -0.25) is 14.4 Å². The lowest BCUT2D eigenvalue weighted by atomic mass is 9.49. The van der Waals surface area contributed by atoms with Crippen LogP contribution < -0.4 is 0 Å². The fourth-order valence-electron chi connectivity index (χ4n) is 7.03. The first-order valence-corrected chi connectivity index (χ1v) is 10.9. The van der Waals surface area contributed by atoms with Crippen LogP contribution in [-0.4, -0.2) is 34.9 Å². The van der Waals surface area contributed by atoms with Crippen LogP contribution in [0.4, 0.5) is 0 Å². The van der Waals surface area contributed by atoms with Crippen molar-refractivity contribution in [3.63, 3.8) is 0 Å². The van der Waals surface area contributed by atoms with E-state index in [2.05, 4.69) is 19.9 Å². The third-order valence-electron chi connectivity index (χ3n) is 8.68. The van der Waals surface area contributed by atoms with Crippen LogP contribution in [0.15, 0.2) is 23.3 Å². The monoisotopic (exact) mass is 400 g/mol. The molecular formula is C24H32O5. The number of fused-ring (bicyclic) bond motifs is 5. The minimum Gasteiger partial charge on any atom is -0.458 e. The van der Waals surface area contributed by atoms with Gasteiger partial charge in [-0.2, -0.15) is 0 Å². The highest BCUT2D eigenvalue weighted by Gasteiger charge is 2.64. The van der Waals surface area contributed by atoms with Gasteiger partial charge in [-0.15, -0.1) is 0 Å². The summed E-state index contributed by atoms with van der Waals surface area (Å²) < 4.78 is 4.92. The standard InChI is InChI=1S/C24H32O5/c1-14-11-17-18(22(3)8-5-16(26)12-20(14)22)6-9-23(4)19(17)7-10-24(23,28)21(27)13-29-15(2)25/h6,12,14,17,19,28H,5,7-11,13H2,1-4H3/t14-,17?,19?,22+,23-,24-/m0/s1. The molecular weight excluding hydrogens is 368 g/mol. The Bertz CT molecular complexity index is 838. The second-order valence-electron chi connectivity index (χ2n) is 10.1. The second-order valence-corrected chi connectivity index (χ2v) is 10.1. The number of ether oxygens (including phenoxy) is 1. The number of hydrogen-bond acceptors (Lipinski definition) is 5. The molecule has 29 heavy (non-hydrogen) atoms. The molecule has 4 aliphatic carbocycles. The second kappa shape index (κ2) is 6.63. The average Bonchev–Trinajstić information content (AvgIpc) is 2.94. The van der Waals surface area contributed by atoms with E-state index in [1.165, 1.54) is 18.1 Å². The van der Waals surface area contributed by atoms with Crippen LogP contribution in [-0.2, 0) is 19.1 Å². The molecule has 2 fully saturated rings. The van der Waals surface area contributed by atoms with Gasteiger partial charge in [-0.25, -0.2) is 0 Å². The lowest BCUT2D eigenvalue weighted by Gasteiger charge is -2.56. The number of carbonyl (C=O) groups excluding carboxylic acids is 3. The third-order valence-corrected chi connectivity index (χ3v) is 8.68. The molecule has 5 nitrogen and oxygen atoms in total. The van der Waals surface area contributed by atoms with Gasteiger partial charge in [0, 0.05) is 24.2 Å². The predicted molar refractivity (Wildman–Crippen MR) is 108 cm³/mol. The smallest absolute Gasteiger partial charge is 0.303 e. The largest absolute Gasteiger partial charge is 0.458 e. The van der Waals surface area contributed by atoms with Crippen LogP contribution in [0.1, 0.15) is 66.2 Å². The molecule has 5 heteroatoms. The Kier molecular flexibility index (Phi) is 4.69. The average molecular weight is 401 g/mol. The van der Waals surface area contributed by atoms with Gasteiger partial charge in [0.2, 0.25) is 5.78 Å². The lowest BCUT2D eigenvalue weighted by Crippen LogP contribution is -2.56. The zero-order chi connectivity index (χ0) is 21.2. The first kappa shape index (κ1) is 20.5. The van der Waals surface area contributed by atoms with Crippen molar-refractivity contribution in [2.75, 3.05) is 6.61 Å². The van der Waals surface area contributed by atoms with Gasteiger partial charge in [-0.05, 0) is 55.9 Å². The Morgan fingerprint density at radius 1 is 1.24 bits per heavy atom. The number of carbonyl (C=O) groups is 3. The van der Waals surface area contributed by atoms with E-state index in [9.17, 15) is 19.5 Å². The van der Waals surface area contributed by atoms with Gasteiger partial charge in [0.25, 0.3) is 0 Å². The van der Waals surface area contributed by atoms with Crippen molar-refractivity contribution in [1.29, 1.82) is 0 Å². The van der Waals surface area contributed by atoms with Crippen molar-refractivity contribution in [2.24, 2.45) is 28.6 Å². The van der Waals surface area contributed by atoms with Gasteiger partial charge in [-0.1, -0.05) is 38.0 Å². The summed E-state index contributed by atoms with van der Waals surface area (Å²) in [4.78, 5) is 36.1. The molecule has 0 heterocycles. The summed E-state index contributed by atoms with van der Waals surface area (Å²) in [6.45, 7) is 7.43. The summed E-state index contributed by atoms with van der Waals surface area (Å²) >= 11 is 0. The minimum atomic E-state index is -1.46. The Morgan fingerprint density at radius 3 is 2.66 bits per heavy atom. The molecule has 0 amide bonds. The van der Waals surface area contributed by atoms with E-state index in [0.717, 1.165) is 19.3 Å². The molecule has 2 saturated carbocycles. The van der Waals surface area contributed by atoms with Crippen molar-refractivity contribution >= 4 is 17.5 Å². The highest BCUT2D eigenvalue weighted by atomic mass is 16.5. The van der Waals surface area contributed by atoms with Gasteiger partial charge in [0.15, 0.2) is 12.4 Å². The normalized spacial score (nSPS) is 43.5. The van der Waals surface area contributed by atoms with E-state index in [1.54, 1.807) is 0 Å². The molecule has 6 atom stereocenters. The van der Waals surface area contributed by atoms with Crippen LogP contribution in [0.25, 0.3) is 0 Å². The summed E-state index contributed by atoms with van der Waals surface area (Å²) in [5.41, 5.74) is 0.575. The number of aliphatic hydroxyl groups is 1. The van der Waals surface area contributed by atoms with Gasteiger partial charge >= 0.3 is 5.97 Å². The number of Topliss-reactive ketones (excluding diaryl/α,β-unsaturated/α-hetero) is 1. The molecule has 0 radical (unpaired) electrons. The van der Waals surface area contributed by atoms with E-state index in [4.69, 9.17) is 4.74 Å². The summed E-state index contributed by atoms with van der Waals surface area (Å²) in [5.74, 6) is 0.192. The summed E-state index contributed by atoms with van der Waals surface area (Å²) in [7, 11) is 0. The molecule has 0 saturated heterocycles. The van der Waals surface area contributed by atoms with E-state index in [-0.39, 0.29) is 29.5 Å². The van der Waals surface area contributed by atoms with E-state index < -0.39 is 17.0 Å². The molecule has 4 rings (SSSR count). The van der Waals surface area contributed by atoms with Crippen molar-refractivity contribution < 1.29 is 24.2 Å². The third kappa shape index (κ3) is 2.80. The summed E-state index contributed by atoms with van der Waals surface area (Å²) in [6, 6.07) is 0. The lowest BCUT2D eigenvalue weighted by molar-refractivity contribution is -0.162. The number of ketones is 2. The molecule has 0 aromatic heterocycles. The maximum Gasteiger partial charge on any atom is 0.303 e. The maximum absolute atomic E-state index is 12.9. The molecule has 0 bridgehead atoms. The van der Waals surface area contributed by atoms with Crippen LogP contribution in [0.3, 0.4) is 0 Å². The molecule has 1 N–H and O–H groups in total. The Labute approximate surface area is 172 Å². The number of hydrogen-bond donors (Lipinski definition) is 1. The molecule has 4 aliphatic rings. The molecule has 0 aromatic carbocycles. The first-order valence-electron chi connectivity index (χ1n) is 10.9. The van der Waals surface area contributed by atoms with Gasteiger partial charge < -0.3 is 9.84 Å². The predicted octanol–water partition coefficient (Wildman–Crippen LogP) is 3.55. The van der Waals surface area contributed by atoms with Crippen molar-refractivity contribution in [2.45, 2.75) is 71.8 Å². The Balaban J connectivity index is 1.70. The van der Waals surface area contributed by atoms with Crippen molar-refractivity contribution in [3.05, 3.63) is 23.3 Å². The first-order chi connectivity index (χ1) is 13.5. The SMILES string of the molecule is CC(=O)OCC(=O)[C@@]1(O)CCC2C3C[C@H](C)C4=CC(=O)CC[C@]4(C)C3=CC[C@@]21C. The van der Waals surface area contributed by atoms with E-state index >= 15 is 0 Å². The Hall–Kier alpha value is -1.75. The van der Waals surface area contributed by atoms with E-state index in [1.807, 2.05) is 13.0 Å². The van der Waals surface area contributed by atoms with Crippen LogP contribution in [0.5, 0.6) is 0 Å². The van der Waals surface area contributed by atoms with Crippen molar-refractivity contribution in [1.82, 2.24) is 0 Å². The number of rotatable bonds is 3. The fourth-order valence-corrected chi connectivity index (χ4v) is 7.03. The van der Waals surface area contributed by atoms with Crippen LogP contribution >= 0.6 is 0 Å². The summed E-state index contributed by atoms with van der Waals surface area (Å²) in [5, 5.41) is 11.5. The highest BCUT2D eigenvalue weighted by molar-refractivity contribution is 5.92. The molecule has 158 valence electrons. The highest BCUT2D eigenvalue weighted by Crippen LogP contribution is 2.66. The molecule has 2 unspecified atom stereocenters. The van der Waals surface area contributed by atoms with Crippen LogP contribution in [0.2, 0.25) is 0 Å². The van der Waals surface area contributed by atoms with Crippen molar-refractivity contribution in [3.8, 4) is 0 Å². The van der Waals surface area contributed by atoms with Crippen LogP contribution in [0, 0.1) is 28.6 Å². The van der Waals surface area contributed by atoms with Gasteiger partial charge in [0.1, 0.15) is 5.60 Å². The van der Waals surface area contributed by atoms with Gasteiger partial charge in [0.05, 0.1) is 0 Å². The zero-order valence-electron chi connectivity index (χ0n) is 17.9. The number of allylic oxidation sites excluding steroid dienone is 4. The minimum absolute atomic E-state index is 0.0833. The molecule has 0 aromatic rings. The molecule has 0 spiro atoms. The summed E-state index contributed by atoms with van der Waals surface area (Å²) in [6.07, 6.45) is 8.37.